The number of benzene rings is 1. The zero-order chi connectivity index (χ0) is 17.6. The van der Waals surface area contributed by atoms with Crippen molar-refractivity contribution < 1.29 is 13.2 Å². The van der Waals surface area contributed by atoms with Crippen molar-refractivity contribution in [2.75, 3.05) is 19.6 Å². The highest BCUT2D eigenvalue weighted by molar-refractivity contribution is 5.34. The molecule has 1 fully saturated rings. The van der Waals surface area contributed by atoms with E-state index in [1.165, 1.54) is 31.9 Å². The van der Waals surface area contributed by atoms with Gasteiger partial charge in [-0.2, -0.15) is 13.2 Å². The summed E-state index contributed by atoms with van der Waals surface area (Å²) in [5, 5.41) is 0. The number of nitrogens with zero attached hydrogens (tertiary/aromatic N) is 1. The molecular weight excluding hydrogens is 311 g/mol. The van der Waals surface area contributed by atoms with E-state index in [9.17, 15) is 13.2 Å². The van der Waals surface area contributed by atoms with E-state index in [1.807, 2.05) is 13.0 Å². The average molecular weight is 341 g/mol. The predicted molar refractivity (Wildman–Crippen MR) is 93.2 cm³/mol. The molecule has 1 aliphatic rings. The summed E-state index contributed by atoms with van der Waals surface area (Å²) in [5.41, 5.74) is 0.790. The molecule has 1 atom stereocenters. The summed E-state index contributed by atoms with van der Waals surface area (Å²) in [6, 6.07) is 4.86. The molecule has 1 aliphatic heterocycles. The highest BCUT2D eigenvalue weighted by Crippen LogP contribution is 2.34. The van der Waals surface area contributed by atoms with Gasteiger partial charge in [0.05, 0.1) is 5.56 Å². The predicted octanol–water partition coefficient (Wildman–Crippen LogP) is 5.71. The summed E-state index contributed by atoms with van der Waals surface area (Å²) in [6.07, 6.45) is 2.45. The molecule has 0 saturated carbocycles. The number of hydrogen-bond acceptors (Lipinski definition) is 1. The van der Waals surface area contributed by atoms with Crippen LogP contribution in [-0.4, -0.2) is 24.5 Å². The molecule has 0 N–H and O–H groups in total. The number of likely N-dealkylation sites (tertiary alicyclic amines) is 1. The summed E-state index contributed by atoms with van der Waals surface area (Å²) in [5.74, 6) is 0.672. The first-order chi connectivity index (χ1) is 11.4. The zero-order valence-electron chi connectivity index (χ0n) is 15.0. The highest BCUT2D eigenvalue weighted by Gasteiger charge is 2.33. The van der Waals surface area contributed by atoms with Crippen LogP contribution in [0.4, 0.5) is 13.2 Å². The topological polar surface area (TPSA) is 3.24 Å². The average Bonchev–Trinajstić information content (AvgIpc) is 2.79. The molecule has 0 amide bonds. The minimum absolute atomic E-state index is 0.431. The summed E-state index contributed by atoms with van der Waals surface area (Å²) < 4.78 is 39.8. The Kier molecular flexibility index (Phi) is 7.15. The zero-order valence-corrected chi connectivity index (χ0v) is 15.0. The van der Waals surface area contributed by atoms with Gasteiger partial charge in [0.1, 0.15) is 0 Å². The van der Waals surface area contributed by atoms with Crippen LogP contribution < -0.4 is 0 Å². The molecular formula is C20H30F3N. The molecule has 1 heterocycles. The third-order valence-corrected chi connectivity index (χ3v) is 5.33. The number of hydrogen-bond donors (Lipinski definition) is 0. The maximum atomic E-state index is 13.3. The van der Waals surface area contributed by atoms with Crippen LogP contribution in [0.1, 0.15) is 62.6 Å². The van der Waals surface area contributed by atoms with Gasteiger partial charge in [0, 0.05) is 0 Å². The van der Waals surface area contributed by atoms with Gasteiger partial charge in [0.2, 0.25) is 0 Å². The van der Waals surface area contributed by atoms with Gasteiger partial charge in [0.25, 0.3) is 0 Å². The molecule has 1 unspecified atom stereocenters. The molecule has 0 bridgehead atoms. The van der Waals surface area contributed by atoms with Crippen molar-refractivity contribution in [2.45, 2.75) is 65.0 Å². The van der Waals surface area contributed by atoms with Crippen molar-refractivity contribution in [3.63, 3.8) is 0 Å². The van der Waals surface area contributed by atoms with Crippen molar-refractivity contribution >= 4 is 0 Å². The standard InChI is InChI=1S/C20H30F3N/c1-3-16-10-11-18(19(15-16)20(21,22)23)9-5-7-17-8-6-13-24(4-2)14-12-17/h10-11,15,17H,3-9,12-14H2,1-2H3. The van der Waals surface area contributed by atoms with Crippen LogP contribution in [0.25, 0.3) is 0 Å². The van der Waals surface area contributed by atoms with Crippen LogP contribution in [0.15, 0.2) is 18.2 Å². The van der Waals surface area contributed by atoms with Gasteiger partial charge in [-0.1, -0.05) is 32.4 Å². The smallest absolute Gasteiger partial charge is 0.304 e. The Hall–Kier alpha value is -1.03. The normalized spacial score (nSPS) is 20.1. The lowest BCUT2D eigenvalue weighted by atomic mass is 9.91. The van der Waals surface area contributed by atoms with Gasteiger partial charge in [-0.25, -0.2) is 0 Å². The van der Waals surface area contributed by atoms with Gasteiger partial charge in [-0.05, 0) is 81.3 Å². The molecule has 1 nitrogen and oxygen atoms in total. The maximum absolute atomic E-state index is 13.3. The van der Waals surface area contributed by atoms with Crippen LogP contribution in [-0.2, 0) is 19.0 Å². The van der Waals surface area contributed by atoms with Gasteiger partial charge in [-0.15, -0.1) is 0 Å². The van der Waals surface area contributed by atoms with Gasteiger partial charge in [0.15, 0.2) is 0 Å². The molecule has 1 aromatic rings. The first kappa shape index (κ1) is 19.3. The second-order valence-electron chi connectivity index (χ2n) is 6.97. The van der Waals surface area contributed by atoms with Crippen LogP contribution in [0, 0.1) is 5.92 Å². The molecule has 0 aromatic heterocycles. The van der Waals surface area contributed by atoms with E-state index in [2.05, 4.69) is 11.8 Å². The molecule has 0 radical (unpaired) electrons. The molecule has 1 aromatic carbocycles. The Morgan fingerprint density at radius 1 is 1.12 bits per heavy atom. The second-order valence-corrected chi connectivity index (χ2v) is 6.97. The molecule has 136 valence electrons. The second kappa shape index (κ2) is 8.89. The van der Waals surface area contributed by atoms with Crippen molar-refractivity contribution in [1.29, 1.82) is 0 Å². The van der Waals surface area contributed by atoms with Gasteiger partial charge in [-0.3, -0.25) is 0 Å². The SMILES string of the molecule is CCc1ccc(CCCC2CCCN(CC)CC2)c(C(F)(F)F)c1. The van der Waals surface area contributed by atoms with Gasteiger partial charge >= 0.3 is 6.18 Å². The fourth-order valence-electron chi connectivity index (χ4n) is 3.74. The van der Waals surface area contributed by atoms with Crippen molar-refractivity contribution in [2.24, 2.45) is 5.92 Å². The maximum Gasteiger partial charge on any atom is 0.416 e. The summed E-state index contributed by atoms with van der Waals surface area (Å²) in [4.78, 5) is 2.48. The molecule has 1 saturated heterocycles. The van der Waals surface area contributed by atoms with E-state index >= 15 is 0 Å². The minimum Gasteiger partial charge on any atom is -0.304 e. The first-order valence-corrected chi connectivity index (χ1v) is 9.35. The Labute approximate surface area is 144 Å². The molecule has 0 spiro atoms. The van der Waals surface area contributed by atoms with Crippen LogP contribution in [0.5, 0.6) is 0 Å². The molecule has 4 heteroatoms. The Bertz CT molecular complexity index is 510. The quantitative estimate of drug-likeness (QED) is 0.640. The monoisotopic (exact) mass is 341 g/mol. The Morgan fingerprint density at radius 3 is 2.58 bits per heavy atom. The van der Waals surface area contributed by atoms with Crippen LogP contribution >= 0.6 is 0 Å². The van der Waals surface area contributed by atoms with Crippen LogP contribution in [0.3, 0.4) is 0 Å². The van der Waals surface area contributed by atoms with E-state index in [0.29, 0.717) is 24.3 Å². The fourth-order valence-corrected chi connectivity index (χ4v) is 3.74. The van der Waals surface area contributed by atoms with Crippen molar-refractivity contribution in [1.82, 2.24) is 4.90 Å². The largest absolute Gasteiger partial charge is 0.416 e. The Balaban J connectivity index is 1.92. The molecule has 0 aliphatic carbocycles. The molecule has 24 heavy (non-hydrogen) atoms. The van der Waals surface area contributed by atoms with E-state index in [4.69, 9.17) is 0 Å². The number of alkyl halides is 3. The third-order valence-electron chi connectivity index (χ3n) is 5.33. The van der Waals surface area contributed by atoms with E-state index in [-0.39, 0.29) is 0 Å². The van der Waals surface area contributed by atoms with Crippen LogP contribution in [0.2, 0.25) is 0 Å². The van der Waals surface area contributed by atoms with E-state index in [0.717, 1.165) is 31.5 Å². The van der Waals surface area contributed by atoms with Crippen molar-refractivity contribution in [3.8, 4) is 0 Å². The fraction of sp³-hybridized carbons (Fsp3) is 0.700. The first-order valence-electron chi connectivity index (χ1n) is 9.35. The summed E-state index contributed by atoms with van der Waals surface area (Å²) in [6.45, 7) is 7.50. The van der Waals surface area contributed by atoms with E-state index in [1.54, 1.807) is 6.07 Å². The lowest BCUT2D eigenvalue weighted by Crippen LogP contribution is -2.24. The summed E-state index contributed by atoms with van der Waals surface area (Å²) in [7, 11) is 0. The van der Waals surface area contributed by atoms with E-state index < -0.39 is 11.7 Å². The summed E-state index contributed by atoms with van der Waals surface area (Å²) >= 11 is 0. The number of halogens is 3. The lowest BCUT2D eigenvalue weighted by Gasteiger charge is -2.18. The van der Waals surface area contributed by atoms with Gasteiger partial charge < -0.3 is 4.90 Å². The number of aryl methyl sites for hydroxylation is 2. The highest BCUT2D eigenvalue weighted by atomic mass is 19.4. The molecule has 2 rings (SSSR count). The lowest BCUT2D eigenvalue weighted by molar-refractivity contribution is -0.138. The Morgan fingerprint density at radius 2 is 1.92 bits per heavy atom. The van der Waals surface area contributed by atoms with Crippen molar-refractivity contribution in [3.05, 3.63) is 34.9 Å². The minimum atomic E-state index is -4.25. The third kappa shape index (κ3) is 5.51. The number of rotatable bonds is 6.